The number of hydrogen-bond acceptors (Lipinski definition) is 8. The van der Waals surface area contributed by atoms with E-state index in [1.807, 2.05) is 5.38 Å². The van der Waals surface area contributed by atoms with Gasteiger partial charge in [-0.1, -0.05) is 5.16 Å². The molecule has 8 nitrogen and oxygen atoms in total. The quantitative estimate of drug-likeness (QED) is 0.810. The molecular formula is C15H21N5O3S. The van der Waals surface area contributed by atoms with Crippen LogP contribution in [0.1, 0.15) is 30.3 Å². The molecule has 2 aromatic rings. The predicted octanol–water partition coefficient (Wildman–Crippen LogP) is 1.63. The van der Waals surface area contributed by atoms with Gasteiger partial charge in [0, 0.05) is 37.9 Å². The van der Waals surface area contributed by atoms with Crippen molar-refractivity contribution in [3.8, 4) is 0 Å². The lowest BCUT2D eigenvalue weighted by Crippen LogP contribution is -2.35. The summed E-state index contributed by atoms with van der Waals surface area (Å²) in [5, 5.41) is 9.22. The number of morpholine rings is 1. The molecule has 9 heteroatoms. The molecule has 2 aromatic heterocycles. The van der Waals surface area contributed by atoms with Crippen LogP contribution < -0.4 is 5.32 Å². The van der Waals surface area contributed by atoms with Crippen molar-refractivity contribution in [1.29, 1.82) is 0 Å². The van der Waals surface area contributed by atoms with Crippen molar-refractivity contribution in [2.75, 3.05) is 31.6 Å². The molecule has 0 atom stereocenters. The molecule has 1 amide bonds. The minimum absolute atomic E-state index is 0.0430. The van der Waals surface area contributed by atoms with Crippen LogP contribution in [0.5, 0.6) is 0 Å². The minimum atomic E-state index is -0.0430. The fourth-order valence-electron chi connectivity index (χ4n) is 2.45. The summed E-state index contributed by atoms with van der Waals surface area (Å²) in [6, 6.07) is 0. The molecule has 1 fully saturated rings. The Balaban J connectivity index is 1.39. The first-order valence-corrected chi connectivity index (χ1v) is 8.90. The van der Waals surface area contributed by atoms with E-state index in [-0.39, 0.29) is 5.91 Å². The minimum Gasteiger partial charge on any atom is -0.379 e. The normalized spacial score (nSPS) is 15.5. The number of hydrogen-bond donors (Lipinski definition) is 1. The molecule has 0 spiro atoms. The molecule has 3 rings (SSSR count). The summed E-state index contributed by atoms with van der Waals surface area (Å²) >= 11 is 1.46. The number of aromatic nitrogens is 3. The Morgan fingerprint density at radius 3 is 2.96 bits per heavy atom. The van der Waals surface area contributed by atoms with Crippen LogP contribution in [0.15, 0.2) is 9.90 Å². The van der Waals surface area contributed by atoms with Gasteiger partial charge in [-0.3, -0.25) is 9.69 Å². The third-order valence-corrected chi connectivity index (χ3v) is 4.46. The Hall–Kier alpha value is -1.84. The number of ether oxygens (including phenoxy) is 1. The van der Waals surface area contributed by atoms with E-state index in [2.05, 4.69) is 25.3 Å². The van der Waals surface area contributed by atoms with Crippen molar-refractivity contribution >= 4 is 22.4 Å². The average molecular weight is 351 g/mol. The van der Waals surface area contributed by atoms with Gasteiger partial charge in [0.1, 0.15) is 0 Å². The number of aryl methyl sites for hydroxylation is 2. The van der Waals surface area contributed by atoms with Crippen LogP contribution >= 0.6 is 11.3 Å². The van der Waals surface area contributed by atoms with E-state index in [9.17, 15) is 4.79 Å². The SMILES string of the molecule is Cc1noc(CCCC(=O)Nc2nc(CN3CCOCC3)cs2)n1. The number of anilines is 1. The van der Waals surface area contributed by atoms with Gasteiger partial charge in [0.25, 0.3) is 0 Å². The summed E-state index contributed by atoms with van der Waals surface area (Å²) in [6.45, 7) is 5.96. The highest BCUT2D eigenvalue weighted by molar-refractivity contribution is 7.13. The molecule has 0 unspecified atom stereocenters. The maximum Gasteiger partial charge on any atom is 0.226 e. The van der Waals surface area contributed by atoms with E-state index in [0.717, 1.165) is 38.5 Å². The second-order valence-electron chi connectivity index (χ2n) is 5.67. The number of nitrogens with one attached hydrogen (secondary N) is 1. The molecular weight excluding hydrogens is 330 g/mol. The summed E-state index contributed by atoms with van der Waals surface area (Å²) in [6.07, 6.45) is 1.67. The zero-order valence-electron chi connectivity index (χ0n) is 13.7. The van der Waals surface area contributed by atoms with Gasteiger partial charge in [-0.05, 0) is 13.3 Å². The largest absolute Gasteiger partial charge is 0.379 e. The Morgan fingerprint density at radius 1 is 1.38 bits per heavy atom. The van der Waals surface area contributed by atoms with Crippen LogP contribution in [-0.4, -0.2) is 52.2 Å². The molecule has 0 saturated carbocycles. The molecule has 0 radical (unpaired) electrons. The van der Waals surface area contributed by atoms with Gasteiger partial charge >= 0.3 is 0 Å². The zero-order chi connectivity index (χ0) is 16.8. The van der Waals surface area contributed by atoms with Crippen molar-refractivity contribution in [3.05, 3.63) is 22.8 Å². The van der Waals surface area contributed by atoms with Gasteiger partial charge in [0.15, 0.2) is 11.0 Å². The lowest BCUT2D eigenvalue weighted by molar-refractivity contribution is -0.116. The van der Waals surface area contributed by atoms with Gasteiger partial charge in [0.05, 0.1) is 18.9 Å². The lowest BCUT2D eigenvalue weighted by atomic mass is 10.2. The number of amides is 1. The van der Waals surface area contributed by atoms with Gasteiger partial charge in [-0.15, -0.1) is 11.3 Å². The van der Waals surface area contributed by atoms with E-state index in [1.165, 1.54) is 11.3 Å². The smallest absolute Gasteiger partial charge is 0.226 e. The van der Waals surface area contributed by atoms with Crippen molar-refractivity contribution in [3.63, 3.8) is 0 Å². The van der Waals surface area contributed by atoms with Crippen LogP contribution in [0, 0.1) is 6.92 Å². The summed E-state index contributed by atoms with van der Waals surface area (Å²) in [5.74, 6) is 1.14. The molecule has 0 bridgehead atoms. The average Bonchev–Trinajstić information content (AvgIpc) is 3.17. The maximum absolute atomic E-state index is 12.0. The number of nitrogens with zero attached hydrogens (tertiary/aromatic N) is 4. The molecule has 24 heavy (non-hydrogen) atoms. The predicted molar refractivity (Wildman–Crippen MR) is 88.8 cm³/mol. The number of thiazole rings is 1. The van der Waals surface area contributed by atoms with Gasteiger partial charge in [-0.25, -0.2) is 4.98 Å². The number of carbonyl (C=O) groups excluding carboxylic acids is 1. The van der Waals surface area contributed by atoms with E-state index < -0.39 is 0 Å². The van der Waals surface area contributed by atoms with Crippen LogP contribution in [0.4, 0.5) is 5.13 Å². The molecule has 0 aliphatic carbocycles. The highest BCUT2D eigenvalue weighted by Gasteiger charge is 2.13. The molecule has 1 aliphatic heterocycles. The summed E-state index contributed by atoms with van der Waals surface area (Å²) in [7, 11) is 0. The lowest BCUT2D eigenvalue weighted by Gasteiger charge is -2.25. The first-order chi connectivity index (χ1) is 11.7. The fraction of sp³-hybridized carbons (Fsp3) is 0.600. The summed E-state index contributed by atoms with van der Waals surface area (Å²) < 4.78 is 10.4. The standard InChI is InChI=1S/C15H21N5O3S/c1-11-16-14(23-19-11)4-2-3-13(21)18-15-17-12(10-24-15)9-20-5-7-22-8-6-20/h10H,2-9H2,1H3,(H,17,18,21). The van der Waals surface area contributed by atoms with E-state index in [1.54, 1.807) is 6.92 Å². The fourth-order valence-corrected chi connectivity index (χ4v) is 3.17. The first-order valence-electron chi connectivity index (χ1n) is 8.02. The summed E-state index contributed by atoms with van der Waals surface area (Å²) in [5.41, 5.74) is 0.985. The van der Waals surface area contributed by atoms with E-state index in [4.69, 9.17) is 9.26 Å². The second kappa shape index (κ2) is 8.32. The first kappa shape index (κ1) is 17.0. The van der Waals surface area contributed by atoms with Crippen molar-refractivity contribution in [2.45, 2.75) is 32.7 Å². The Kier molecular flexibility index (Phi) is 5.89. The molecule has 3 heterocycles. The van der Waals surface area contributed by atoms with Gasteiger partial charge in [-0.2, -0.15) is 4.98 Å². The number of rotatable bonds is 7. The third-order valence-electron chi connectivity index (χ3n) is 3.65. The van der Waals surface area contributed by atoms with Crippen LogP contribution in [0.3, 0.4) is 0 Å². The second-order valence-corrected chi connectivity index (χ2v) is 6.53. The molecule has 0 aromatic carbocycles. The van der Waals surface area contributed by atoms with E-state index >= 15 is 0 Å². The zero-order valence-corrected chi connectivity index (χ0v) is 14.5. The molecule has 130 valence electrons. The Morgan fingerprint density at radius 2 is 2.21 bits per heavy atom. The highest BCUT2D eigenvalue weighted by Crippen LogP contribution is 2.17. The molecule has 1 aliphatic rings. The summed E-state index contributed by atoms with van der Waals surface area (Å²) in [4.78, 5) is 22.9. The highest BCUT2D eigenvalue weighted by atomic mass is 32.1. The van der Waals surface area contributed by atoms with Crippen molar-refractivity contribution < 1.29 is 14.1 Å². The van der Waals surface area contributed by atoms with E-state index in [0.29, 0.717) is 36.1 Å². The van der Waals surface area contributed by atoms with Crippen molar-refractivity contribution in [1.82, 2.24) is 20.0 Å². The van der Waals surface area contributed by atoms with Crippen LogP contribution in [0.2, 0.25) is 0 Å². The van der Waals surface area contributed by atoms with Crippen LogP contribution in [-0.2, 0) is 22.5 Å². The van der Waals surface area contributed by atoms with Gasteiger partial charge < -0.3 is 14.6 Å². The molecule has 1 saturated heterocycles. The Labute approximate surface area is 144 Å². The third kappa shape index (κ3) is 5.08. The molecule has 1 N–H and O–H groups in total. The topological polar surface area (TPSA) is 93.4 Å². The van der Waals surface area contributed by atoms with Crippen molar-refractivity contribution in [2.24, 2.45) is 0 Å². The number of carbonyl (C=O) groups is 1. The monoisotopic (exact) mass is 351 g/mol. The van der Waals surface area contributed by atoms with Crippen LogP contribution in [0.25, 0.3) is 0 Å². The maximum atomic E-state index is 12.0. The van der Waals surface area contributed by atoms with Gasteiger partial charge in [0.2, 0.25) is 11.8 Å². The Bertz CT molecular complexity index is 666.